The van der Waals surface area contributed by atoms with Gasteiger partial charge in [0.1, 0.15) is 5.75 Å². The lowest BCUT2D eigenvalue weighted by atomic mass is 10.0. The fourth-order valence-electron chi connectivity index (χ4n) is 3.90. The van der Waals surface area contributed by atoms with Crippen LogP contribution in [0.25, 0.3) is 0 Å². The molecular formula is C26H28O8. The maximum atomic E-state index is 10.7. The number of hydrogen-bond donors (Lipinski definition) is 2. The Balaban J connectivity index is 1.61. The Morgan fingerprint density at radius 3 is 1.94 bits per heavy atom. The highest BCUT2D eigenvalue weighted by Crippen LogP contribution is 2.47. The van der Waals surface area contributed by atoms with Crippen molar-refractivity contribution in [1.82, 2.24) is 0 Å². The third-order valence-corrected chi connectivity index (χ3v) is 5.74. The Bertz CT molecular complexity index is 1120. The summed E-state index contributed by atoms with van der Waals surface area (Å²) in [6.07, 6.45) is -0.638. The molecule has 0 fully saturated rings. The Labute approximate surface area is 198 Å². The molecule has 3 aromatic rings. The van der Waals surface area contributed by atoms with Gasteiger partial charge in [-0.2, -0.15) is 0 Å². The number of rotatable bonds is 8. The van der Waals surface area contributed by atoms with Crippen molar-refractivity contribution < 1.29 is 38.6 Å². The third-order valence-electron chi connectivity index (χ3n) is 5.74. The average molecular weight is 469 g/mol. The van der Waals surface area contributed by atoms with E-state index in [1.807, 2.05) is 36.4 Å². The molecule has 0 aliphatic carbocycles. The monoisotopic (exact) mass is 468 g/mol. The van der Waals surface area contributed by atoms with Crippen LogP contribution in [0.3, 0.4) is 0 Å². The van der Waals surface area contributed by atoms with Crippen LogP contribution in [-0.4, -0.2) is 44.9 Å². The number of methoxy groups -OCH3 is 4. The maximum absolute atomic E-state index is 10.7. The zero-order valence-corrected chi connectivity index (χ0v) is 19.5. The molecule has 0 amide bonds. The zero-order chi connectivity index (χ0) is 24.2. The molecule has 8 nitrogen and oxygen atoms in total. The predicted molar refractivity (Wildman–Crippen MR) is 125 cm³/mol. The lowest BCUT2D eigenvalue weighted by Crippen LogP contribution is -2.33. The van der Waals surface area contributed by atoms with Gasteiger partial charge in [-0.3, -0.25) is 0 Å². The second-order valence-corrected chi connectivity index (χ2v) is 7.79. The smallest absolute Gasteiger partial charge is 0.239 e. The van der Waals surface area contributed by atoms with Crippen LogP contribution in [0, 0.1) is 0 Å². The molecule has 2 N–H and O–H groups in total. The van der Waals surface area contributed by atoms with Crippen molar-refractivity contribution in [2.45, 2.75) is 25.2 Å². The van der Waals surface area contributed by atoms with E-state index in [1.54, 1.807) is 26.4 Å². The van der Waals surface area contributed by atoms with Gasteiger partial charge in [-0.1, -0.05) is 12.1 Å². The van der Waals surface area contributed by atoms with E-state index in [9.17, 15) is 10.2 Å². The highest BCUT2D eigenvalue weighted by Gasteiger charge is 2.35. The normalized spacial score (nSPS) is 16.6. The second-order valence-electron chi connectivity index (χ2n) is 7.79. The quantitative estimate of drug-likeness (QED) is 0.511. The summed E-state index contributed by atoms with van der Waals surface area (Å²) in [6.45, 7) is 0. The summed E-state index contributed by atoms with van der Waals surface area (Å²) in [4.78, 5) is 0. The minimum absolute atomic E-state index is 0.136. The summed E-state index contributed by atoms with van der Waals surface area (Å²) in [5.41, 5.74) is 2.68. The molecule has 2 atom stereocenters. The molecule has 180 valence electrons. The number of phenolic OH excluding ortho intramolecular Hbond substituents is 1. The number of aliphatic hydroxyl groups is 1. The molecule has 0 saturated carbocycles. The molecule has 0 aromatic heterocycles. The van der Waals surface area contributed by atoms with Crippen molar-refractivity contribution in [2.24, 2.45) is 0 Å². The Kier molecular flexibility index (Phi) is 6.88. The third kappa shape index (κ3) is 4.63. The molecular weight excluding hydrogens is 440 g/mol. The first kappa shape index (κ1) is 23.4. The van der Waals surface area contributed by atoms with Gasteiger partial charge >= 0.3 is 0 Å². The minimum Gasteiger partial charge on any atom is -0.502 e. The molecule has 1 heterocycles. The molecule has 4 rings (SSSR count). The van der Waals surface area contributed by atoms with Crippen molar-refractivity contribution in [1.29, 1.82) is 0 Å². The summed E-state index contributed by atoms with van der Waals surface area (Å²) in [6, 6.07) is 14.9. The van der Waals surface area contributed by atoms with Gasteiger partial charge in [-0.15, -0.1) is 0 Å². The van der Waals surface area contributed by atoms with E-state index in [-0.39, 0.29) is 17.2 Å². The second kappa shape index (κ2) is 10.0. The van der Waals surface area contributed by atoms with Gasteiger partial charge in [0.25, 0.3) is 0 Å². The first-order chi connectivity index (χ1) is 16.5. The van der Waals surface area contributed by atoms with Crippen molar-refractivity contribution >= 4 is 0 Å². The summed E-state index contributed by atoms with van der Waals surface area (Å²) in [5, 5.41) is 20.9. The summed E-state index contributed by atoms with van der Waals surface area (Å²) >= 11 is 0. The van der Waals surface area contributed by atoms with Crippen molar-refractivity contribution in [3.8, 4) is 40.2 Å². The van der Waals surface area contributed by atoms with Gasteiger partial charge in [-0.25, -0.2) is 0 Å². The topological polar surface area (TPSA) is 95.8 Å². The van der Waals surface area contributed by atoms with Crippen LogP contribution < -0.4 is 28.4 Å². The van der Waals surface area contributed by atoms with Crippen molar-refractivity contribution in [3.63, 3.8) is 0 Å². The number of aromatic hydroxyl groups is 1. The van der Waals surface area contributed by atoms with E-state index in [0.29, 0.717) is 22.8 Å². The molecule has 34 heavy (non-hydrogen) atoms. The van der Waals surface area contributed by atoms with Gasteiger partial charge in [-0.05, 0) is 60.4 Å². The van der Waals surface area contributed by atoms with Gasteiger partial charge in [0.15, 0.2) is 29.1 Å². The van der Waals surface area contributed by atoms with Gasteiger partial charge in [0.2, 0.25) is 17.8 Å². The van der Waals surface area contributed by atoms with Crippen LogP contribution in [0.15, 0.2) is 48.5 Å². The standard InChI is InChI=1S/C26H28O8/c1-29-18-9-7-15(8-10-18)5-6-16-11-21(32-4)25-22(12-16)33-24(26(28)34-25)17-13-19(30-2)23(27)20(14-17)31-3/h7-14,24,26-28H,5-6H2,1-4H3/t24-,26+/m0/s1. The largest absolute Gasteiger partial charge is 0.502 e. The van der Waals surface area contributed by atoms with Gasteiger partial charge < -0.3 is 38.6 Å². The van der Waals surface area contributed by atoms with E-state index in [1.165, 1.54) is 19.8 Å². The Morgan fingerprint density at radius 2 is 1.35 bits per heavy atom. The number of aliphatic hydroxyl groups excluding tert-OH is 1. The van der Waals surface area contributed by atoms with Crippen LogP contribution in [-0.2, 0) is 12.8 Å². The minimum atomic E-state index is -1.31. The zero-order valence-electron chi connectivity index (χ0n) is 19.5. The predicted octanol–water partition coefficient (Wildman–Crippen LogP) is 4.04. The van der Waals surface area contributed by atoms with E-state index >= 15 is 0 Å². The fourth-order valence-corrected chi connectivity index (χ4v) is 3.90. The molecule has 1 aliphatic heterocycles. The summed E-state index contributed by atoms with van der Waals surface area (Å²) in [5.74, 6) is 2.33. The fraction of sp³-hybridized carbons (Fsp3) is 0.308. The molecule has 8 heteroatoms. The number of benzene rings is 3. The first-order valence-electron chi connectivity index (χ1n) is 10.8. The molecule has 0 radical (unpaired) electrons. The van der Waals surface area contributed by atoms with E-state index in [4.69, 9.17) is 28.4 Å². The van der Waals surface area contributed by atoms with Crippen molar-refractivity contribution in [2.75, 3.05) is 28.4 Å². The molecule has 3 aromatic carbocycles. The summed E-state index contributed by atoms with van der Waals surface area (Å²) in [7, 11) is 6.05. The first-order valence-corrected chi connectivity index (χ1v) is 10.8. The van der Waals surface area contributed by atoms with Crippen LogP contribution in [0.2, 0.25) is 0 Å². The molecule has 0 unspecified atom stereocenters. The van der Waals surface area contributed by atoms with Crippen LogP contribution >= 0.6 is 0 Å². The number of hydrogen-bond acceptors (Lipinski definition) is 8. The number of fused-ring (bicyclic) bond motifs is 1. The molecule has 0 bridgehead atoms. The Hall–Kier alpha value is -3.78. The highest BCUT2D eigenvalue weighted by atomic mass is 16.7. The molecule has 0 spiro atoms. The SMILES string of the molecule is COc1ccc(CCc2cc(OC)c3c(c2)O[C@@H](c2cc(OC)c(O)c(OC)c2)[C@H](O)O3)cc1. The van der Waals surface area contributed by atoms with E-state index in [0.717, 1.165) is 24.2 Å². The number of phenols is 1. The highest BCUT2D eigenvalue weighted by molar-refractivity contribution is 5.57. The molecule has 0 saturated heterocycles. The van der Waals surface area contributed by atoms with E-state index < -0.39 is 12.4 Å². The lowest BCUT2D eigenvalue weighted by Gasteiger charge is -2.32. The van der Waals surface area contributed by atoms with Gasteiger partial charge in [0.05, 0.1) is 28.4 Å². The number of ether oxygens (including phenoxy) is 6. The van der Waals surface area contributed by atoms with Gasteiger partial charge in [0, 0.05) is 5.56 Å². The van der Waals surface area contributed by atoms with Crippen LogP contribution in [0.5, 0.6) is 40.2 Å². The Morgan fingerprint density at radius 1 is 0.735 bits per heavy atom. The van der Waals surface area contributed by atoms with E-state index in [2.05, 4.69) is 0 Å². The maximum Gasteiger partial charge on any atom is 0.239 e. The van der Waals surface area contributed by atoms with Crippen LogP contribution in [0.4, 0.5) is 0 Å². The number of aryl methyl sites for hydroxylation is 2. The van der Waals surface area contributed by atoms with Crippen LogP contribution in [0.1, 0.15) is 22.8 Å². The average Bonchev–Trinajstić information content (AvgIpc) is 2.87. The van der Waals surface area contributed by atoms with Crippen molar-refractivity contribution in [3.05, 3.63) is 65.2 Å². The molecule has 1 aliphatic rings. The summed E-state index contributed by atoms with van der Waals surface area (Å²) < 4.78 is 33.1. The lowest BCUT2D eigenvalue weighted by molar-refractivity contribution is -0.116.